The third-order valence-electron chi connectivity index (χ3n) is 7.27. The monoisotopic (exact) mass is 448 g/mol. The Kier molecular flexibility index (Phi) is 5.56. The van der Waals surface area contributed by atoms with Crippen LogP contribution in [0.2, 0.25) is 0 Å². The van der Waals surface area contributed by atoms with Crippen molar-refractivity contribution >= 4 is 18.0 Å². The second kappa shape index (κ2) is 8.54. The zero-order chi connectivity index (χ0) is 23.0. The first-order valence-corrected chi connectivity index (χ1v) is 11.7. The maximum Gasteiger partial charge on any atom is 0.408 e. The molecule has 7 nitrogen and oxygen atoms in total. The van der Waals surface area contributed by atoms with Crippen LogP contribution in [0, 0.1) is 5.92 Å². The molecule has 3 aliphatic rings. The van der Waals surface area contributed by atoms with Crippen LogP contribution in [0.3, 0.4) is 0 Å². The van der Waals surface area contributed by atoms with Crippen molar-refractivity contribution in [1.29, 1.82) is 0 Å². The molecule has 2 fully saturated rings. The van der Waals surface area contributed by atoms with E-state index in [2.05, 4.69) is 34.9 Å². The van der Waals surface area contributed by atoms with Gasteiger partial charge in [-0.15, -0.1) is 0 Å². The largest absolute Gasteiger partial charge is 0.481 e. The number of ether oxygens (including phenoxy) is 1. The molecule has 2 amide bonds. The van der Waals surface area contributed by atoms with E-state index in [0.29, 0.717) is 25.7 Å². The molecule has 172 valence electrons. The van der Waals surface area contributed by atoms with Crippen molar-refractivity contribution in [3.63, 3.8) is 0 Å². The minimum absolute atomic E-state index is 0.0503. The number of rotatable bonds is 6. The molecule has 0 heterocycles. The van der Waals surface area contributed by atoms with Gasteiger partial charge in [0.2, 0.25) is 5.91 Å². The van der Waals surface area contributed by atoms with Crippen LogP contribution >= 0.6 is 0 Å². The summed E-state index contributed by atoms with van der Waals surface area (Å²) in [6.45, 7) is 0.182. The van der Waals surface area contributed by atoms with E-state index in [1.54, 1.807) is 0 Å². The van der Waals surface area contributed by atoms with E-state index < -0.39 is 29.6 Å². The van der Waals surface area contributed by atoms with Gasteiger partial charge in [0, 0.05) is 12.0 Å². The summed E-state index contributed by atoms with van der Waals surface area (Å²) in [5.41, 5.74) is 3.56. The molecule has 0 saturated heterocycles. The molecular formula is C26H28N2O5. The summed E-state index contributed by atoms with van der Waals surface area (Å²) in [7, 11) is 0. The van der Waals surface area contributed by atoms with Crippen molar-refractivity contribution in [3.8, 4) is 11.1 Å². The Hall–Kier alpha value is -3.35. The number of carboxylic acids is 1. The summed E-state index contributed by atoms with van der Waals surface area (Å²) >= 11 is 0. The van der Waals surface area contributed by atoms with Crippen molar-refractivity contribution < 1.29 is 24.2 Å². The Morgan fingerprint density at radius 3 is 2.15 bits per heavy atom. The fraction of sp³-hybridized carbons (Fsp3) is 0.423. The lowest BCUT2D eigenvalue weighted by molar-refractivity contribution is -0.144. The number of alkyl carbamates (subject to hydrolysis) is 1. The first kappa shape index (κ1) is 21.5. The molecule has 0 spiro atoms. The minimum Gasteiger partial charge on any atom is -0.481 e. The molecule has 3 N–H and O–H groups in total. The van der Waals surface area contributed by atoms with Gasteiger partial charge in [0.1, 0.15) is 12.1 Å². The Balaban J connectivity index is 1.21. The molecule has 0 unspecified atom stereocenters. The highest BCUT2D eigenvalue weighted by molar-refractivity contribution is 5.93. The maximum atomic E-state index is 12.9. The van der Waals surface area contributed by atoms with Crippen LogP contribution in [0.1, 0.15) is 55.6 Å². The second-order valence-electron chi connectivity index (χ2n) is 9.34. The lowest BCUT2D eigenvalue weighted by Gasteiger charge is -2.30. The number of amides is 2. The van der Waals surface area contributed by atoms with Gasteiger partial charge >= 0.3 is 12.1 Å². The number of aliphatic carboxylic acids is 1. The maximum absolute atomic E-state index is 12.9. The van der Waals surface area contributed by atoms with Crippen molar-refractivity contribution in [2.45, 2.75) is 56.0 Å². The van der Waals surface area contributed by atoms with Gasteiger partial charge in [-0.25, -0.2) is 4.79 Å². The molecule has 2 atom stereocenters. The van der Waals surface area contributed by atoms with Gasteiger partial charge in [-0.1, -0.05) is 61.4 Å². The lowest BCUT2D eigenvalue weighted by Crippen LogP contribution is -2.54. The number of carbonyl (C=O) groups excluding carboxylic acids is 2. The molecule has 5 rings (SSSR count). The van der Waals surface area contributed by atoms with Gasteiger partial charge in [0.15, 0.2) is 0 Å². The first-order valence-electron chi connectivity index (χ1n) is 11.7. The highest BCUT2D eigenvalue weighted by atomic mass is 16.5. The number of hydrogen-bond donors (Lipinski definition) is 3. The van der Waals surface area contributed by atoms with Crippen LogP contribution in [-0.4, -0.2) is 41.3 Å². The smallest absolute Gasteiger partial charge is 0.408 e. The summed E-state index contributed by atoms with van der Waals surface area (Å²) in [4.78, 5) is 37.1. The van der Waals surface area contributed by atoms with Gasteiger partial charge < -0.3 is 20.5 Å². The SMILES string of the molecule is O=C(NC1(C(=O)N[C@@H]2CCCC[C@@H]2C(=O)O)CC1)OCC1c2ccccc2-c2ccccc21. The third-order valence-corrected chi connectivity index (χ3v) is 7.27. The van der Waals surface area contributed by atoms with Gasteiger partial charge in [0.25, 0.3) is 0 Å². The van der Waals surface area contributed by atoms with E-state index in [-0.39, 0.29) is 18.4 Å². The average Bonchev–Trinajstić information content (AvgIpc) is 3.53. The van der Waals surface area contributed by atoms with E-state index in [0.717, 1.165) is 35.1 Å². The fourth-order valence-electron chi connectivity index (χ4n) is 5.27. The number of carboxylic acid groups (broad SMARTS) is 1. The van der Waals surface area contributed by atoms with E-state index >= 15 is 0 Å². The Bertz CT molecular complexity index is 1050. The van der Waals surface area contributed by atoms with E-state index in [4.69, 9.17) is 4.74 Å². The number of fused-ring (bicyclic) bond motifs is 3. The minimum atomic E-state index is -0.997. The predicted molar refractivity (Wildman–Crippen MR) is 122 cm³/mol. The number of carbonyl (C=O) groups is 3. The van der Waals surface area contributed by atoms with Crippen molar-refractivity contribution in [2.75, 3.05) is 6.61 Å². The Labute approximate surface area is 192 Å². The summed E-state index contributed by atoms with van der Waals surface area (Å²) in [6.07, 6.45) is 3.37. The van der Waals surface area contributed by atoms with Crippen LogP contribution in [0.4, 0.5) is 4.79 Å². The molecule has 2 saturated carbocycles. The normalized spacial score (nSPS) is 22.5. The molecule has 2 aromatic rings. The van der Waals surface area contributed by atoms with Gasteiger partial charge in [-0.2, -0.15) is 0 Å². The number of hydrogen-bond acceptors (Lipinski definition) is 4. The summed E-state index contributed by atoms with van der Waals surface area (Å²) in [5, 5.41) is 15.1. The number of nitrogens with one attached hydrogen (secondary N) is 2. The molecule has 0 bridgehead atoms. The van der Waals surface area contributed by atoms with E-state index in [1.807, 2.05) is 24.3 Å². The van der Waals surface area contributed by atoms with Crippen molar-refractivity contribution in [3.05, 3.63) is 59.7 Å². The van der Waals surface area contributed by atoms with Crippen LogP contribution < -0.4 is 10.6 Å². The third kappa shape index (κ3) is 4.08. The standard InChI is InChI=1S/C26H28N2O5/c29-23(30)20-11-5-6-12-22(20)27-24(31)26(13-14-26)28-25(32)33-15-21-18-9-3-1-7-16(18)17-8-2-4-10-19(17)21/h1-4,7-10,20-22H,5-6,11-15H2,(H,27,31)(H,28,32)(H,29,30)/t20-,22+/m0/s1. The molecule has 0 aromatic heterocycles. The van der Waals surface area contributed by atoms with E-state index in [1.165, 1.54) is 0 Å². The quantitative estimate of drug-likeness (QED) is 0.623. The summed E-state index contributed by atoms with van der Waals surface area (Å²) in [6, 6.07) is 15.8. The lowest BCUT2D eigenvalue weighted by atomic mass is 9.84. The van der Waals surface area contributed by atoms with Crippen LogP contribution in [0.15, 0.2) is 48.5 Å². The molecule has 7 heteroatoms. The van der Waals surface area contributed by atoms with E-state index in [9.17, 15) is 19.5 Å². The van der Waals surface area contributed by atoms with Crippen LogP contribution in [-0.2, 0) is 14.3 Å². The topological polar surface area (TPSA) is 105 Å². The summed E-state index contributed by atoms with van der Waals surface area (Å²) < 4.78 is 5.59. The average molecular weight is 449 g/mol. The van der Waals surface area contributed by atoms with Crippen LogP contribution in [0.25, 0.3) is 11.1 Å². The zero-order valence-corrected chi connectivity index (χ0v) is 18.4. The fourth-order valence-corrected chi connectivity index (χ4v) is 5.27. The van der Waals surface area contributed by atoms with Crippen molar-refractivity contribution in [1.82, 2.24) is 10.6 Å². The Morgan fingerprint density at radius 2 is 1.55 bits per heavy atom. The first-order chi connectivity index (χ1) is 16.0. The molecule has 33 heavy (non-hydrogen) atoms. The molecular weight excluding hydrogens is 420 g/mol. The highest BCUT2D eigenvalue weighted by Crippen LogP contribution is 2.44. The van der Waals surface area contributed by atoms with Gasteiger partial charge in [-0.3, -0.25) is 9.59 Å². The summed E-state index contributed by atoms with van der Waals surface area (Å²) in [5.74, 6) is -1.82. The predicted octanol–water partition coefficient (Wildman–Crippen LogP) is 3.82. The second-order valence-corrected chi connectivity index (χ2v) is 9.34. The van der Waals surface area contributed by atoms with Gasteiger partial charge in [-0.05, 0) is 47.9 Å². The zero-order valence-electron chi connectivity index (χ0n) is 18.4. The van der Waals surface area contributed by atoms with Gasteiger partial charge in [0.05, 0.1) is 5.92 Å². The highest BCUT2D eigenvalue weighted by Gasteiger charge is 2.52. The number of benzene rings is 2. The Morgan fingerprint density at radius 1 is 0.939 bits per heavy atom. The molecule has 0 aliphatic heterocycles. The van der Waals surface area contributed by atoms with Crippen molar-refractivity contribution in [2.24, 2.45) is 5.92 Å². The molecule has 3 aliphatic carbocycles. The molecule has 0 radical (unpaired) electrons. The molecule has 2 aromatic carbocycles. The van der Waals surface area contributed by atoms with Crippen LogP contribution in [0.5, 0.6) is 0 Å².